The number of alkyl halides is 3. The normalized spacial score (nSPS) is 13.2. The van der Waals surface area contributed by atoms with Crippen molar-refractivity contribution in [1.29, 1.82) is 0 Å². The zero-order chi connectivity index (χ0) is 25.9. The molecule has 0 aliphatic heterocycles. The summed E-state index contributed by atoms with van der Waals surface area (Å²) in [5.74, 6) is -5.53. The van der Waals surface area contributed by atoms with Crippen LogP contribution in [0.4, 0.5) is 18.9 Å². The van der Waals surface area contributed by atoms with E-state index < -0.39 is 29.9 Å². The van der Waals surface area contributed by atoms with Crippen LogP contribution in [-0.2, 0) is 16.0 Å². The van der Waals surface area contributed by atoms with Gasteiger partial charge in [0.2, 0.25) is 5.91 Å². The van der Waals surface area contributed by atoms with Crippen molar-refractivity contribution in [1.82, 2.24) is 0 Å². The highest BCUT2D eigenvalue weighted by atomic mass is 35.5. The Bertz CT molecular complexity index is 1250. The molecule has 0 aromatic heterocycles. The predicted octanol–water partition coefficient (Wildman–Crippen LogP) is 7.86. The van der Waals surface area contributed by atoms with Crippen molar-refractivity contribution >= 4 is 52.4 Å². The van der Waals surface area contributed by atoms with Gasteiger partial charge in [-0.25, -0.2) is 0 Å². The first-order valence-electron chi connectivity index (χ1n) is 10.3. The first-order chi connectivity index (χ1) is 16.4. The lowest BCUT2D eigenvalue weighted by atomic mass is 9.85. The molecule has 2 N–H and O–H groups in total. The van der Waals surface area contributed by atoms with Crippen LogP contribution in [0.25, 0.3) is 11.1 Å². The third-order valence-corrected chi connectivity index (χ3v) is 6.29. The number of hydrogen-bond acceptors (Lipinski definition) is 2. The monoisotopic (exact) mass is 543 g/mol. The van der Waals surface area contributed by atoms with E-state index in [0.29, 0.717) is 26.7 Å². The third kappa shape index (κ3) is 6.69. The molecular formula is C25H19Cl3F3NO3. The third-order valence-electron chi connectivity index (χ3n) is 5.48. The molecule has 35 heavy (non-hydrogen) atoms. The van der Waals surface area contributed by atoms with E-state index in [0.717, 1.165) is 6.92 Å². The second kappa shape index (κ2) is 10.9. The fourth-order valence-electron chi connectivity index (χ4n) is 3.66. The van der Waals surface area contributed by atoms with Crippen LogP contribution in [-0.4, -0.2) is 23.2 Å². The molecule has 0 saturated heterocycles. The summed E-state index contributed by atoms with van der Waals surface area (Å²) in [7, 11) is 0. The summed E-state index contributed by atoms with van der Waals surface area (Å²) in [6.45, 7) is 0.932. The molecule has 0 bridgehead atoms. The summed E-state index contributed by atoms with van der Waals surface area (Å²) in [5.41, 5.74) is 1.65. The first-order valence-corrected chi connectivity index (χ1v) is 11.4. The topological polar surface area (TPSA) is 66.4 Å². The predicted molar refractivity (Wildman–Crippen MR) is 131 cm³/mol. The molecule has 2 atom stereocenters. The highest BCUT2D eigenvalue weighted by Gasteiger charge is 2.45. The summed E-state index contributed by atoms with van der Waals surface area (Å²) in [4.78, 5) is 24.4. The molecule has 3 rings (SSSR count). The number of carbonyl (C=O) groups excluding carboxylic acids is 1. The average molecular weight is 545 g/mol. The molecule has 3 aromatic rings. The Morgan fingerprint density at radius 2 is 1.57 bits per heavy atom. The zero-order valence-corrected chi connectivity index (χ0v) is 20.4. The van der Waals surface area contributed by atoms with Crippen LogP contribution >= 0.6 is 34.8 Å². The van der Waals surface area contributed by atoms with Crippen LogP contribution in [0.2, 0.25) is 15.1 Å². The molecule has 0 aliphatic rings. The van der Waals surface area contributed by atoms with Gasteiger partial charge in [-0.1, -0.05) is 66.0 Å². The number of aliphatic carboxylic acids is 1. The number of benzene rings is 3. The molecule has 3 aromatic carbocycles. The highest BCUT2D eigenvalue weighted by molar-refractivity contribution is 6.34. The number of hydrogen-bond donors (Lipinski definition) is 2. The maximum absolute atomic E-state index is 13.6. The van der Waals surface area contributed by atoms with Crippen LogP contribution in [0.15, 0.2) is 60.7 Å². The minimum absolute atomic E-state index is 0.0729. The van der Waals surface area contributed by atoms with Gasteiger partial charge in [-0.3, -0.25) is 9.59 Å². The molecule has 0 unspecified atom stereocenters. The number of carboxylic acids is 1. The van der Waals surface area contributed by atoms with E-state index >= 15 is 0 Å². The van der Waals surface area contributed by atoms with Gasteiger partial charge in [0.25, 0.3) is 0 Å². The fourth-order valence-corrected chi connectivity index (χ4v) is 4.12. The summed E-state index contributed by atoms with van der Waals surface area (Å²) in [6.07, 6.45) is -4.92. The lowest BCUT2D eigenvalue weighted by Gasteiger charge is -2.26. The summed E-state index contributed by atoms with van der Waals surface area (Å²) in [5, 5.41) is 12.5. The van der Waals surface area contributed by atoms with Crippen molar-refractivity contribution in [3.63, 3.8) is 0 Å². The van der Waals surface area contributed by atoms with Gasteiger partial charge < -0.3 is 10.4 Å². The molecule has 184 valence electrons. The van der Waals surface area contributed by atoms with E-state index in [9.17, 15) is 27.9 Å². The molecule has 0 saturated carbocycles. The quantitative estimate of drug-likeness (QED) is 0.318. The molecule has 10 heteroatoms. The van der Waals surface area contributed by atoms with E-state index in [1.165, 1.54) is 36.4 Å². The van der Waals surface area contributed by atoms with E-state index in [1.807, 2.05) is 0 Å². The molecule has 4 nitrogen and oxygen atoms in total. The standard InChI is InChI=1S/C25H19Cl3F3NO3/c1-13(25(29,30)31)23(14-2-6-17(26)7-3-14)24(35)32-21-10-15(5-9-20(21)28)19-12-18(27)8-4-16(19)11-22(33)34/h2-10,12-13,23H,11H2,1H3,(H,32,35)(H,33,34)/t13-,23+/m1/s1. The second-order valence-corrected chi connectivity index (χ2v) is 9.20. The van der Waals surface area contributed by atoms with Gasteiger partial charge in [0, 0.05) is 10.0 Å². The van der Waals surface area contributed by atoms with Crippen molar-refractivity contribution in [3.8, 4) is 11.1 Å². The number of carboxylic acid groups (broad SMARTS) is 1. The Balaban J connectivity index is 2.01. The maximum Gasteiger partial charge on any atom is 0.392 e. The Labute approximate surface area is 214 Å². The van der Waals surface area contributed by atoms with Gasteiger partial charge in [-0.05, 0) is 58.7 Å². The number of nitrogens with one attached hydrogen (secondary N) is 1. The minimum atomic E-state index is -4.64. The van der Waals surface area contributed by atoms with Crippen LogP contribution < -0.4 is 5.32 Å². The van der Waals surface area contributed by atoms with Gasteiger partial charge in [0.1, 0.15) is 0 Å². The molecular weight excluding hydrogens is 526 g/mol. The van der Waals surface area contributed by atoms with E-state index in [2.05, 4.69) is 5.32 Å². The Morgan fingerprint density at radius 1 is 0.943 bits per heavy atom. The molecule has 0 spiro atoms. The van der Waals surface area contributed by atoms with Crippen LogP contribution in [0, 0.1) is 5.92 Å². The average Bonchev–Trinajstić information content (AvgIpc) is 2.77. The van der Waals surface area contributed by atoms with E-state index in [1.54, 1.807) is 24.3 Å². The number of halogens is 6. The van der Waals surface area contributed by atoms with Gasteiger partial charge in [-0.15, -0.1) is 0 Å². The molecule has 0 heterocycles. The van der Waals surface area contributed by atoms with Crippen molar-refractivity contribution in [2.45, 2.75) is 25.4 Å². The lowest BCUT2D eigenvalue weighted by Crippen LogP contribution is -2.34. The lowest BCUT2D eigenvalue weighted by molar-refractivity contribution is -0.178. The van der Waals surface area contributed by atoms with Gasteiger partial charge >= 0.3 is 12.1 Å². The van der Waals surface area contributed by atoms with Gasteiger partial charge in [0.05, 0.1) is 29.0 Å². The Morgan fingerprint density at radius 3 is 2.17 bits per heavy atom. The Kier molecular flexibility index (Phi) is 8.36. The molecule has 0 fully saturated rings. The van der Waals surface area contributed by atoms with Gasteiger partial charge in [0.15, 0.2) is 0 Å². The van der Waals surface area contributed by atoms with Crippen LogP contribution in [0.1, 0.15) is 24.0 Å². The van der Waals surface area contributed by atoms with Crippen LogP contribution in [0.5, 0.6) is 0 Å². The number of carbonyl (C=O) groups is 2. The van der Waals surface area contributed by atoms with Crippen molar-refractivity contribution in [3.05, 3.63) is 86.9 Å². The summed E-state index contributed by atoms with van der Waals surface area (Å²) >= 11 is 18.2. The summed E-state index contributed by atoms with van der Waals surface area (Å²) < 4.78 is 40.9. The molecule has 0 radical (unpaired) electrons. The Hall–Kier alpha value is -2.74. The molecule has 1 amide bonds. The largest absolute Gasteiger partial charge is 0.481 e. The first kappa shape index (κ1) is 26.9. The van der Waals surface area contributed by atoms with Crippen molar-refractivity contribution in [2.75, 3.05) is 5.32 Å². The number of amides is 1. The fraction of sp³-hybridized carbons (Fsp3) is 0.200. The van der Waals surface area contributed by atoms with Crippen molar-refractivity contribution < 1.29 is 27.9 Å². The summed E-state index contributed by atoms with van der Waals surface area (Å²) in [6, 6.07) is 14.8. The van der Waals surface area contributed by atoms with E-state index in [4.69, 9.17) is 34.8 Å². The van der Waals surface area contributed by atoms with E-state index in [-0.39, 0.29) is 22.7 Å². The maximum atomic E-state index is 13.6. The van der Waals surface area contributed by atoms with Gasteiger partial charge in [-0.2, -0.15) is 13.2 Å². The van der Waals surface area contributed by atoms with Crippen molar-refractivity contribution in [2.24, 2.45) is 5.92 Å². The molecule has 0 aliphatic carbocycles. The zero-order valence-electron chi connectivity index (χ0n) is 18.2. The van der Waals surface area contributed by atoms with Crippen LogP contribution in [0.3, 0.4) is 0 Å². The number of anilines is 1. The number of rotatable bonds is 7. The minimum Gasteiger partial charge on any atom is -0.481 e. The smallest absolute Gasteiger partial charge is 0.392 e. The second-order valence-electron chi connectivity index (χ2n) is 7.92. The SMILES string of the molecule is C[C@H]([C@H](C(=O)Nc1cc(-c2cc(Cl)ccc2CC(=O)O)ccc1Cl)c1ccc(Cl)cc1)C(F)(F)F. The highest BCUT2D eigenvalue weighted by Crippen LogP contribution is 2.39.